The van der Waals surface area contributed by atoms with Crippen molar-refractivity contribution in [2.45, 2.75) is 38.8 Å². The molecular weight excluding hydrogens is 254 g/mol. The second kappa shape index (κ2) is 7.33. The molecule has 0 aromatic carbocycles. The van der Waals surface area contributed by atoms with Crippen molar-refractivity contribution in [2.75, 3.05) is 26.8 Å². The van der Waals surface area contributed by atoms with Crippen LogP contribution in [0.25, 0.3) is 0 Å². The maximum absolute atomic E-state index is 12.3. The van der Waals surface area contributed by atoms with Gasteiger partial charge >= 0.3 is 6.03 Å². The first-order chi connectivity index (χ1) is 9.77. The van der Waals surface area contributed by atoms with Gasteiger partial charge in [-0.15, -0.1) is 0 Å². The molecule has 20 heavy (non-hydrogen) atoms. The van der Waals surface area contributed by atoms with E-state index in [9.17, 15) is 4.79 Å². The summed E-state index contributed by atoms with van der Waals surface area (Å²) in [5, 5.41) is 3.00. The molecule has 5 heteroatoms. The number of carbonyl (C=O) groups is 1. The van der Waals surface area contributed by atoms with E-state index in [1.54, 1.807) is 7.11 Å². The number of methoxy groups -OCH3 is 1. The number of nitrogens with one attached hydrogen (secondary N) is 1. The number of hydrogen-bond acceptors (Lipinski definition) is 2. The topological polar surface area (TPSA) is 46.5 Å². The fraction of sp³-hybridized carbons (Fsp3) is 0.667. The Balaban J connectivity index is 1.97. The van der Waals surface area contributed by atoms with Gasteiger partial charge in [0, 0.05) is 45.2 Å². The van der Waals surface area contributed by atoms with Crippen LogP contribution < -0.4 is 5.32 Å². The summed E-state index contributed by atoms with van der Waals surface area (Å²) in [6, 6.07) is 4.45. The van der Waals surface area contributed by atoms with Gasteiger partial charge in [-0.3, -0.25) is 0 Å². The Kier molecular flexibility index (Phi) is 5.47. The van der Waals surface area contributed by atoms with Crippen LogP contribution in [0.5, 0.6) is 0 Å². The van der Waals surface area contributed by atoms with Gasteiger partial charge < -0.3 is 19.5 Å². The Morgan fingerprint density at radius 2 is 2.35 bits per heavy atom. The zero-order valence-electron chi connectivity index (χ0n) is 12.5. The van der Waals surface area contributed by atoms with E-state index in [1.807, 2.05) is 4.90 Å². The van der Waals surface area contributed by atoms with E-state index in [-0.39, 0.29) is 12.1 Å². The highest BCUT2D eigenvalue weighted by atomic mass is 16.5. The molecule has 112 valence electrons. The third-order valence-corrected chi connectivity index (χ3v) is 3.79. The molecule has 0 fully saturated rings. The van der Waals surface area contributed by atoms with Crippen LogP contribution in [0.2, 0.25) is 0 Å². The predicted octanol–water partition coefficient (Wildman–Crippen LogP) is 2.39. The summed E-state index contributed by atoms with van der Waals surface area (Å²) < 4.78 is 7.26. The van der Waals surface area contributed by atoms with Crippen LogP contribution in [0.4, 0.5) is 4.79 Å². The minimum atomic E-state index is 0.0482. The lowest BCUT2D eigenvalue weighted by Crippen LogP contribution is -2.47. The zero-order valence-corrected chi connectivity index (χ0v) is 12.5. The normalized spacial score (nSPS) is 17.9. The van der Waals surface area contributed by atoms with Gasteiger partial charge in [-0.1, -0.05) is 13.3 Å². The van der Waals surface area contributed by atoms with E-state index >= 15 is 0 Å². The number of hydrogen-bond donors (Lipinski definition) is 1. The second-order valence-electron chi connectivity index (χ2n) is 5.20. The van der Waals surface area contributed by atoms with Crippen LogP contribution in [0.1, 0.15) is 37.9 Å². The number of urea groups is 1. The molecule has 0 spiro atoms. The number of amides is 2. The van der Waals surface area contributed by atoms with Crippen LogP contribution in [0.15, 0.2) is 18.3 Å². The van der Waals surface area contributed by atoms with Gasteiger partial charge in [-0.25, -0.2) is 4.79 Å². The Hall–Kier alpha value is -1.49. The van der Waals surface area contributed by atoms with E-state index in [0.29, 0.717) is 13.2 Å². The van der Waals surface area contributed by atoms with E-state index in [2.05, 4.69) is 35.1 Å². The van der Waals surface area contributed by atoms with Crippen LogP contribution >= 0.6 is 0 Å². The van der Waals surface area contributed by atoms with Gasteiger partial charge in [0.15, 0.2) is 0 Å². The first-order valence-electron chi connectivity index (χ1n) is 7.46. The first-order valence-corrected chi connectivity index (χ1v) is 7.46. The molecule has 1 atom stereocenters. The van der Waals surface area contributed by atoms with Gasteiger partial charge in [0.05, 0.1) is 6.04 Å². The molecule has 1 aliphatic rings. The molecule has 0 saturated heterocycles. The van der Waals surface area contributed by atoms with E-state index in [1.165, 1.54) is 5.69 Å². The lowest BCUT2D eigenvalue weighted by molar-refractivity contribution is 0.148. The van der Waals surface area contributed by atoms with Crippen molar-refractivity contribution >= 4 is 6.03 Å². The summed E-state index contributed by atoms with van der Waals surface area (Å²) in [7, 11) is 1.68. The molecule has 1 aromatic rings. The lowest BCUT2D eigenvalue weighted by Gasteiger charge is -2.37. The summed E-state index contributed by atoms with van der Waals surface area (Å²) in [5.74, 6) is 0. The Bertz CT molecular complexity index is 431. The number of aromatic nitrogens is 1. The quantitative estimate of drug-likeness (QED) is 0.813. The fourth-order valence-electron chi connectivity index (χ4n) is 2.80. The van der Waals surface area contributed by atoms with Crippen LogP contribution in [-0.4, -0.2) is 42.3 Å². The minimum absolute atomic E-state index is 0.0482. The third kappa shape index (κ3) is 3.33. The van der Waals surface area contributed by atoms with E-state index in [0.717, 1.165) is 32.4 Å². The highest BCUT2D eigenvalue weighted by molar-refractivity contribution is 5.74. The lowest BCUT2D eigenvalue weighted by atomic mass is 10.0. The number of carbonyl (C=O) groups excluding carboxylic acids is 1. The number of nitrogens with zero attached hydrogens (tertiary/aromatic N) is 2. The van der Waals surface area contributed by atoms with Gasteiger partial charge in [-0.05, 0) is 25.0 Å². The molecule has 1 N–H and O–H groups in total. The zero-order chi connectivity index (χ0) is 14.4. The summed E-state index contributed by atoms with van der Waals surface area (Å²) in [6.07, 6.45) is 5.04. The van der Waals surface area contributed by atoms with Gasteiger partial charge in [0.2, 0.25) is 0 Å². The Morgan fingerprint density at radius 1 is 1.50 bits per heavy atom. The van der Waals surface area contributed by atoms with Crippen molar-refractivity contribution < 1.29 is 9.53 Å². The number of fused-ring (bicyclic) bond motifs is 1. The van der Waals surface area contributed by atoms with Gasteiger partial charge in [0.1, 0.15) is 0 Å². The largest absolute Gasteiger partial charge is 0.385 e. The second-order valence-corrected chi connectivity index (χ2v) is 5.20. The van der Waals surface area contributed by atoms with Gasteiger partial charge in [-0.2, -0.15) is 0 Å². The highest BCUT2D eigenvalue weighted by Crippen LogP contribution is 2.29. The predicted molar refractivity (Wildman–Crippen MR) is 78.7 cm³/mol. The molecule has 1 unspecified atom stereocenters. The smallest absolute Gasteiger partial charge is 0.318 e. The van der Waals surface area contributed by atoms with Crippen molar-refractivity contribution in [1.29, 1.82) is 0 Å². The monoisotopic (exact) mass is 279 g/mol. The first kappa shape index (κ1) is 14.9. The van der Waals surface area contributed by atoms with Gasteiger partial charge in [0.25, 0.3) is 0 Å². The van der Waals surface area contributed by atoms with Crippen molar-refractivity contribution in [3.8, 4) is 0 Å². The maximum atomic E-state index is 12.3. The molecule has 0 saturated carbocycles. The SMILES string of the molecule is CCCC1c2cccn2CCN1C(=O)NCCCOC. The van der Waals surface area contributed by atoms with Crippen molar-refractivity contribution in [1.82, 2.24) is 14.8 Å². The molecule has 0 bridgehead atoms. The highest BCUT2D eigenvalue weighted by Gasteiger charge is 2.29. The Labute approximate surface area is 120 Å². The fourth-order valence-corrected chi connectivity index (χ4v) is 2.80. The molecule has 1 aliphatic heterocycles. The summed E-state index contributed by atoms with van der Waals surface area (Å²) in [5.41, 5.74) is 1.25. The van der Waals surface area contributed by atoms with E-state index in [4.69, 9.17) is 4.74 Å². The summed E-state index contributed by atoms with van der Waals surface area (Å²) >= 11 is 0. The molecule has 5 nitrogen and oxygen atoms in total. The molecule has 2 amide bonds. The third-order valence-electron chi connectivity index (χ3n) is 3.79. The van der Waals surface area contributed by atoms with E-state index < -0.39 is 0 Å². The average molecular weight is 279 g/mol. The minimum Gasteiger partial charge on any atom is -0.385 e. The molecule has 2 rings (SSSR count). The Morgan fingerprint density at radius 3 is 3.10 bits per heavy atom. The number of ether oxygens (including phenoxy) is 1. The van der Waals surface area contributed by atoms with Crippen LogP contribution in [0.3, 0.4) is 0 Å². The van der Waals surface area contributed by atoms with Crippen molar-refractivity contribution in [3.63, 3.8) is 0 Å². The number of rotatable bonds is 6. The van der Waals surface area contributed by atoms with Crippen molar-refractivity contribution in [3.05, 3.63) is 24.0 Å². The average Bonchev–Trinajstić information content (AvgIpc) is 2.93. The van der Waals surface area contributed by atoms with Crippen LogP contribution in [0, 0.1) is 0 Å². The van der Waals surface area contributed by atoms with Crippen LogP contribution in [-0.2, 0) is 11.3 Å². The summed E-state index contributed by atoms with van der Waals surface area (Å²) in [6.45, 7) is 5.18. The molecule has 2 heterocycles. The molecule has 0 aliphatic carbocycles. The summed E-state index contributed by atoms with van der Waals surface area (Å²) in [4.78, 5) is 14.3. The van der Waals surface area contributed by atoms with Crippen molar-refractivity contribution in [2.24, 2.45) is 0 Å². The maximum Gasteiger partial charge on any atom is 0.318 e. The molecule has 1 aromatic heterocycles. The molecular formula is C15H25N3O2. The standard InChI is InChI=1S/C15H25N3O2/c1-3-6-14-13-7-4-9-17(13)10-11-18(14)15(19)16-8-5-12-20-2/h4,7,9,14H,3,5-6,8,10-12H2,1-2H3,(H,16,19). The molecule has 0 radical (unpaired) electrons.